The first-order chi connectivity index (χ1) is 9.34. The third-order valence-corrected chi connectivity index (χ3v) is 3.34. The number of amides is 1. The van der Waals surface area contributed by atoms with E-state index in [4.69, 9.17) is 4.74 Å². The van der Waals surface area contributed by atoms with E-state index in [0.29, 0.717) is 13.2 Å². The van der Waals surface area contributed by atoms with Crippen molar-refractivity contribution < 1.29 is 9.53 Å². The lowest BCUT2D eigenvalue weighted by molar-refractivity contribution is 0.0922. The molecule has 0 saturated carbocycles. The van der Waals surface area contributed by atoms with E-state index >= 15 is 0 Å². The van der Waals surface area contributed by atoms with Gasteiger partial charge in [-0.15, -0.1) is 0 Å². The summed E-state index contributed by atoms with van der Waals surface area (Å²) >= 11 is 0. The maximum absolute atomic E-state index is 11.6. The molecule has 1 unspecified atom stereocenters. The van der Waals surface area contributed by atoms with Crippen molar-refractivity contribution in [3.05, 3.63) is 59.4 Å². The van der Waals surface area contributed by atoms with Gasteiger partial charge in [-0.3, -0.25) is 4.79 Å². The number of H-pyrrole nitrogens is 1. The summed E-state index contributed by atoms with van der Waals surface area (Å²) in [4.78, 5) is 14.7. The minimum atomic E-state index is 0.00399. The second kappa shape index (κ2) is 5.28. The molecule has 3 rings (SSSR count). The Labute approximate surface area is 111 Å². The second-order valence-electron chi connectivity index (χ2n) is 4.66. The molecule has 0 saturated heterocycles. The second-order valence-corrected chi connectivity index (χ2v) is 4.66. The molecule has 4 nitrogen and oxygen atoms in total. The smallest absolute Gasteiger partial charge is 0.253 e. The topological polar surface area (TPSA) is 54.1 Å². The van der Waals surface area contributed by atoms with Gasteiger partial charge >= 0.3 is 0 Å². The molecule has 0 radical (unpaired) electrons. The van der Waals surface area contributed by atoms with E-state index in [2.05, 4.69) is 10.3 Å². The summed E-state index contributed by atoms with van der Waals surface area (Å²) in [6.45, 7) is 1.23. The highest BCUT2D eigenvalue weighted by atomic mass is 16.5. The molecule has 0 aliphatic carbocycles. The molecular formula is C15H16N2O2. The number of ether oxygens (including phenoxy) is 1. The average molecular weight is 256 g/mol. The van der Waals surface area contributed by atoms with Crippen molar-refractivity contribution in [2.24, 2.45) is 0 Å². The molecule has 2 N–H and O–H groups in total. The lowest BCUT2D eigenvalue weighted by Crippen LogP contribution is -2.20. The monoisotopic (exact) mass is 256 g/mol. The van der Waals surface area contributed by atoms with Crippen LogP contribution in [0.15, 0.2) is 42.6 Å². The van der Waals surface area contributed by atoms with Crippen LogP contribution in [-0.4, -0.2) is 17.5 Å². The molecule has 2 heterocycles. The van der Waals surface area contributed by atoms with E-state index in [1.807, 2.05) is 36.4 Å². The van der Waals surface area contributed by atoms with E-state index in [1.165, 1.54) is 5.56 Å². The van der Waals surface area contributed by atoms with Gasteiger partial charge in [0.15, 0.2) is 0 Å². The number of rotatable bonds is 5. The molecular weight excluding hydrogens is 240 g/mol. The molecule has 1 aliphatic heterocycles. The minimum Gasteiger partial charge on any atom is -0.377 e. The van der Waals surface area contributed by atoms with Crippen molar-refractivity contribution in [3.8, 4) is 0 Å². The Bertz CT molecular complexity index is 563. The number of carbonyl (C=O) groups is 1. The van der Waals surface area contributed by atoms with Gasteiger partial charge in [0.1, 0.15) is 0 Å². The van der Waals surface area contributed by atoms with Crippen LogP contribution in [-0.2, 0) is 11.3 Å². The van der Waals surface area contributed by atoms with Gasteiger partial charge in [0.2, 0.25) is 0 Å². The molecule has 1 aliphatic rings. The van der Waals surface area contributed by atoms with Crippen LogP contribution >= 0.6 is 0 Å². The van der Waals surface area contributed by atoms with Crippen molar-refractivity contribution in [2.75, 3.05) is 6.61 Å². The fourth-order valence-corrected chi connectivity index (χ4v) is 2.36. The number of aromatic amines is 1. The summed E-state index contributed by atoms with van der Waals surface area (Å²) < 4.78 is 5.64. The molecule has 98 valence electrons. The average Bonchev–Trinajstić information content (AvgIpc) is 3.01. The summed E-state index contributed by atoms with van der Waals surface area (Å²) in [5.41, 5.74) is 2.90. The maximum atomic E-state index is 11.6. The van der Waals surface area contributed by atoms with Crippen LogP contribution < -0.4 is 5.32 Å². The summed E-state index contributed by atoms with van der Waals surface area (Å²) in [7, 11) is 0. The molecule has 1 aromatic heterocycles. The summed E-state index contributed by atoms with van der Waals surface area (Å²) in [5.74, 6) is 0.00399. The van der Waals surface area contributed by atoms with Crippen LogP contribution in [0.1, 0.15) is 34.1 Å². The van der Waals surface area contributed by atoms with Crippen molar-refractivity contribution in [2.45, 2.75) is 19.1 Å². The Kier molecular flexibility index (Phi) is 3.33. The zero-order chi connectivity index (χ0) is 13.1. The van der Waals surface area contributed by atoms with E-state index in [0.717, 1.165) is 17.7 Å². The summed E-state index contributed by atoms with van der Waals surface area (Å²) in [5, 5.41) is 2.95. The highest BCUT2D eigenvalue weighted by Crippen LogP contribution is 2.26. The fraction of sp³-hybridized carbons (Fsp3) is 0.267. The third-order valence-electron chi connectivity index (χ3n) is 3.34. The highest BCUT2D eigenvalue weighted by molar-refractivity contribution is 5.98. The van der Waals surface area contributed by atoms with E-state index in [9.17, 15) is 4.79 Å². The van der Waals surface area contributed by atoms with Crippen LogP contribution in [0.5, 0.6) is 0 Å². The molecule has 0 bridgehead atoms. The standard InChI is InChI=1S/C15H16N2O2/c18-15-12-6-8-16-14(12)13(17-15)7-9-19-10-11-4-2-1-3-5-11/h1-6,8,13,16H,7,9-10H2,(H,17,18). The number of nitrogens with one attached hydrogen (secondary N) is 2. The first-order valence-electron chi connectivity index (χ1n) is 6.44. The Morgan fingerprint density at radius 3 is 2.84 bits per heavy atom. The summed E-state index contributed by atoms with van der Waals surface area (Å²) in [6.07, 6.45) is 2.59. The molecule has 1 atom stereocenters. The van der Waals surface area contributed by atoms with Gasteiger partial charge in [-0.2, -0.15) is 0 Å². The van der Waals surface area contributed by atoms with Gasteiger partial charge in [0.05, 0.1) is 23.9 Å². The van der Waals surface area contributed by atoms with Gasteiger partial charge in [-0.25, -0.2) is 0 Å². The van der Waals surface area contributed by atoms with Crippen LogP contribution in [0.2, 0.25) is 0 Å². The van der Waals surface area contributed by atoms with Crippen molar-refractivity contribution in [3.63, 3.8) is 0 Å². The van der Waals surface area contributed by atoms with Crippen molar-refractivity contribution >= 4 is 5.91 Å². The van der Waals surface area contributed by atoms with Gasteiger partial charge < -0.3 is 15.0 Å². The molecule has 19 heavy (non-hydrogen) atoms. The number of carbonyl (C=O) groups excluding carboxylic acids is 1. The third kappa shape index (κ3) is 2.53. The van der Waals surface area contributed by atoms with Crippen molar-refractivity contribution in [1.29, 1.82) is 0 Å². The predicted molar refractivity (Wildman–Crippen MR) is 71.7 cm³/mol. The van der Waals surface area contributed by atoms with Crippen LogP contribution in [0.3, 0.4) is 0 Å². The zero-order valence-corrected chi connectivity index (χ0v) is 10.6. The molecule has 4 heteroatoms. The van der Waals surface area contributed by atoms with Crippen LogP contribution in [0.4, 0.5) is 0 Å². The molecule has 2 aromatic rings. The highest BCUT2D eigenvalue weighted by Gasteiger charge is 2.28. The number of hydrogen-bond acceptors (Lipinski definition) is 2. The maximum Gasteiger partial charge on any atom is 0.253 e. The lowest BCUT2D eigenvalue weighted by Gasteiger charge is -2.11. The molecule has 1 amide bonds. The van der Waals surface area contributed by atoms with Crippen LogP contribution in [0, 0.1) is 0 Å². The number of aromatic nitrogens is 1. The Balaban J connectivity index is 1.48. The van der Waals surface area contributed by atoms with E-state index < -0.39 is 0 Å². The fourth-order valence-electron chi connectivity index (χ4n) is 2.36. The number of benzene rings is 1. The van der Waals surface area contributed by atoms with Gasteiger partial charge in [0, 0.05) is 12.8 Å². The number of fused-ring (bicyclic) bond motifs is 1. The normalized spacial score (nSPS) is 17.3. The molecule has 0 fully saturated rings. The first-order valence-corrected chi connectivity index (χ1v) is 6.44. The van der Waals surface area contributed by atoms with Gasteiger partial charge in [0.25, 0.3) is 5.91 Å². The zero-order valence-electron chi connectivity index (χ0n) is 10.6. The van der Waals surface area contributed by atoms with E-state index in [1.54, 1.807) is 6.20 Å². The number of hydrogen-bond donors (Lipinski definition) is 2. The van der Waals surface area contributed by atoms with Gasteiger partial charge in [-0.1, -0.05) is 30.3 Å². The predicted octanol–water partition coefficient (Wildman–Crippen LogP) is 2.41. The van der Waals surface area contributed by atoms with Crippen LogP contribution in [0.25, 0.3) is 0 Å². The Morgan fingerprint density at radius 1 is 1.16 bits per heavy atom. The molecule has 1 aromatic carbocycles. The quantitative estimate of drug-likeness (QED) is 0.807. The Hall–Kier alpha value is -2.07. The Morgan fingerprint density at radius 2 is 2.00 bits per heavy atom. The van der Waals surface area contributed by atoms with Gasteiger partial charge in [-0.05, 0) is 18.1 Å². The first kappa shape index (κ1) is 12.0. The lowest BCUT2D eigenvalue weighted by atomic mass is 10.1. The summed E-state index contributed by atoms with van der Waals surface area (Å²) in [6, 6.07) is 11.9. The van der Waals surface area contributed by atoms with Crippen molar-refractivity contribution in [1.82, 2.24) is 10.3 Å². The largest absolute Gasteiger partial charge is 0.377 e. The minimum absolute atomic E-state index is 0.00399. The molecule has 0 spiro atoms. The van der Waals surface area contributed by atoms with E-state index in [-0.39, 0.29) is 11.9 Å². The SMILES string of the molecule is O=C1NC(CCOCc2ccccc2)c2[nH]ccc21.